The average molecular weight is 915 g/mol. The molecule has 0 aliphatic carbocycles. The zero-order valence-electron chi connectivity index (χ0n) is 41.2. The number of hydrogen-bond acceptors (Lipinski definition) is 7. The van der Waals surface area contributed by atoms with Crippen molar-refractivity contribution in [1.29, 1.82) is 0 Å². The molecule has 0 amide bonds. The van der Waals surface area contributed by atoms with Crippen molar-refractivity contribution in [1.82, 2.24) is 0 Å². The number of hydrogen-bond donors (Lipinski definition) is 1. The standard InChI is InChI=1S/C54H92NO8P/c1-6-8-10-12-14-16-18-20-21-22-23-24-25-26-27-28-29-30-31-32-33-35-37-39-41-43-45-47-54(57)63-52(51-62-64(58,59)61-49-48-55(3,4)5)50-60-53(56)46-44-42-40-38-36-34-19-17-15-13-11-9-7-2/h8,10-11,13-14,16-17,19-21,23-24,26-27,29-30,52H,6-7,9,12,15,18,22,25,28,31-51H2,1-5H3/p+1/b10-8-,13-11-,16-14-,19-17-,21-20-,24-23-,27-26-,30-29-. The van der Waals surface area contributed by atoms with Gasteiger partial charge in [0.15, 0.2) is 6.10 Å². The van der Waals surface area contributed by atoms with Crippen molar-refractivity contribution in [2.24, 2.45) is 0 Å². The van der Waals surface area contributed by atoms with Crippen molar-refractivity contribution in [3.8, 4) is 0 Å². The minimum absolute atomic E-state index is 0.0223. The van der Waals surface area contributed by atoms with Gasteiger partial charge in [-0.15, -0.1) is 0 Å². The molecule has 9 nitrogen and oxygen atoms in total. The summed E-state index contributed by atoms with van der Waals surface area (Å²) in [4.78, 5) is 35.5. The van der Waals surface area contributed by atoms with E-state index in [1.165, 1.54) is 32.1 Å². The summed E-state index contributed by atoms with van der Waals surface area (Å²) in [6, 6.07) is 0. The topological polar surface area (TPSA) is 108 Å². The predicted molar refractivity (Wildman–Crippen MR) is 270 cm³/mol. The van der Waals surface area contributed by atoms with E-state index in [0.29, 0.717) is 23.9 Å². The van der Waals surface area contributed by atoms with Crippen molar-refractivity contribution in [3.05, 3.63) is 97.2 Å². The van der Waals surface area contributed by atoms with Crippen LogP contribution in [0.5, 0.6) is 0 Å². The number of esters is 2. The summed E-state index contributed by atoms with van der Waals surface area (Å²) >= 11 is 0. The van der Waals surface area contributed by atoms with E-state index in [0.717, 1.165) is 109 Å². The van der Waals surface area contributed by atoms with E-state index in [1.54, 1.807) is 0 Å². The van der Waals surface area contributed by atoms with Crippen LogP contribution in [0.2, 0.25) is 0 Å². The average Bonchev–Trinajstić information content (AvgIpc) is 3.25. The van der Waals surface area contributed by atoms with Crippen LogP contribution in [0.25, 0.3) is 0 Å². The zero-order valence-corrected chi connectivity index (χ0v) is 42.1. The summed E-state index contributed by atoms with van der Waals surface area (Å²) < 4.78 is 34.4. The first-order valence-corrected chi connectivity index (χ1v) is 26.5. The molecule has 0 spiro atoms. The Morgan fingerprint density at radius 1 is 0.500 bits per heavy atom. The number of phosphoric ester groups is 1. The van der Waals surface area contributed by atoms with Gasteiger partial charge >= 0.3 is 19.8 Å². The first kappa shape index (κ1) is 60.9. The highest BCUT2D eigenvalue weighted by Crippen LogP contribution is 2.43. The lowest BCUT2D eigenvalue weighted by Crippen LogP contribution is -2.37. The summed E-state index contributed by atoms with van der Waals surface area (Å²) in [5.74, 6) is -0.833. The van der Waals surface area contributed by atoms with Gasteiger partial charge < -0.3 is 18.9 Å². The molecule has 64 heavy (non-hydrogen) atoms. The van der Waals surface area contributed by atoms with Crippen LogP contribution >= 0.6 is 7.82 Å². The molecule has 10 heteroatoms. The summed E-state index contributed by atoms with van der Waals surface area (Å²) in [7, 11) is 1.45. The maximum absolute atomic E-state index is 12.7. The van der Waals surface area contributed by atoms with Gasteiger partial charge in [-0.2, -0.15) is 0 Å². The lowest BCUT2D eigenvalue weighted by molar-refractivity contribution is -0.870. The molecule has 0 aromatic rings. The predicted octanol–water partition coefficient (Wildman–Crippen LogP) is 14.9. The van der Waals surface area contributed by atoms with Gasteiger partial charge in [-0.1, -0.05) is 175 Å². The number of nitrogens with zero attached hydrogens (tertiary/aromatic N) is 1. The minimum atomic E-state index is -4.39. The van der Waals surface area contributed by atoms with E-state index < -0.39 is 26.5 Å². The van der Waals surface area contributed by atoms with Crippen LogP contribution < -0.4 is 0 Å². The van der Waals surface area contributed by atoms with E-state index in [1.807, 2.05) is 21.1 Å². The number of allylic oxidation sites excluding steroid dienone is 16. The van der Waals surface area contributed by atoms with E-state index in [4.69, 9.17) is 18.5 Å². The third-order valence-electron chi connectivity index (χ3n) is 10.1. The third kappa shape index (κ3) is 48.4. The molecule has 0 radical (unpaired) electrons. The molecule has 0 rings (SSSR count). The molecule has 0 bridgehead atoms. The largest absolute Gasteiger partial charge is 0.472 e. The summed E-state index contributed by atoms with van der Waals surface area (Å²) in [5.41, 5.74) is 0. The van der Waals surface area contributed by atoms with E-state index in [-0.39, 0.29) is 32.0 Å². The fourth-order valence-electron chi connectivity index (χ4n) is 6.23. The van der Waals surface area contributed by atoms with Crippen LogP contribution in [0.1, 0.15) is 181 Å². The molecular formula is C54H93NO8P+. The van der Waals surface area contributed by atoms with Crippen molar-refractivity contribution >= 4 is 19.8 Å². The molecule has 2 unspecified atom stereocenters. The van der Waals surface area contributed by atoms with Crippen LogP contribution in [0.15, 0.2) is 97.2 Å². The number of carbonyl (C=O) groups is 2. The molecule has 366 valence electrons. The fourth-order valence-corrected chi connectivity index (χ4v) is 6.97. The maximum Gasteiger partial charge on any atom is 0.472 e. The lowest BCUT2D eigenvalue weighted by atomic mass is 10.1. The SMILES string of the molecule is CC/C=C\C/C=C\C/C=C\C/C=C\C/C=C\C/C=C\CCCCCCCCCCC(=O)OC(COC(=O)CCCCCCC/C=C\C/C=C\CCC)COP(=O)(O)OCC[N+](C)(C)C. The molecule has 0 fully saturated rings. The molecule has 0 aromatic heterocycles. The number of quaternary nitrogens is 1. The second kappa shape index (κ2) is 45.1. The monoisotopic (exact) mass is 915 g/mol. The number of rotatable bonds is 44. The lowest BCUT2D eigenvalue weighted by Gasteiger charge is -2.24. The Hall–Kier alpha value is -3.07. The van der Waals surface area contributed by atoms with Crippen molar-refractivity contribution in [2.75, 3.05) is 47.5 Å². The Morgan fingerprint density at radius 2 is 0.891 bits per heavy atom. The van der Waals surface area contributed by atoms with Crippen LogP contribution in [0.4, 0.5) is 0 Å². The fraction of sp³-hybridized carbons (Fsp3) is 0.667. The first-order valence-electron chi connectivity index (χ1n) is 25.0. The Kier molecular flexibility index (Phi) is 42.9. The summed E-state index contributed by atoms with van der Waals surface area (Å²) in [6.07, 6.45) is 60.3. The van der Waals surface area contributed by atoms with Gasteiger partial charge in [-0.25, -0.2) is 4.57 Å². The van der Waals surface area contributed by atoms with Gasteiger partial charge in [-0.3, -0.25) is 18.6 Å². The van der Waals surface area contributed by atoms with Crippen molar-refractivity contribution in [3.63, 3.8) is 0 Å². The maximum atomic E-state index is 12.7. The first-order chi connectivity index (χ1) is 31.0. The molecule has 0 saturated heterocycles. The zero-order chi connectivity index (χ0) is 47.1. The van der Waals surface area contributed by atoms with Crippen LogP contribution in [0, 0.1) is 0 Å². The van der Waals surface area contributed by atoms with Crippen LogP contribution in [-0.2, 0) is 32.7 Å². The van der Waals surface area contributed by atoms with Gasteiger partial charge in [0.2, 0.25) is 0 Å². The number of ether oxygens (including phenoxy) is 2. The van der Waals surface area contributed by atoms with E-state index >= 15 is 0 Å². The van der Waals surface area contributed by atoms with E-state index in [9.17, 15) is 19.0 Å². The van der Waals surface area contributed by atoms with Crippen molar-refractivity contribution in [2.45, 2.75) is 187 Å². The highest BCUT2D eigenvalue weighted by Gasteiger charge is 2.27. The highest BCUT2D eigenvalue weighted by molar-refractivity contribution is 7.47. The minimum Gasteiger partial charge on any atom is -0.462 e. The summed E-state index contributed by atoms with van der Waals surface area (Å²) in [5, 5.41) is 0. The second-order valence-electron chi connectivity index (χ2n) is 17.5. The Balaban J connectivity index is 4.27. The Morgan fingerprint density at radius 3 is 1.33 bits per heavy atom. The quantitative estimate of drug-likeness (QED) is 0.0212. The van der Waals surface area contributed by atoms with Gasteiger partial charge in [0.25, 0.3) is 0 Å². The summed E-state index contributed by atoms with van der Waals surface area (Å²) in [6.45, 7) is 4.20. The molecule has 2 atom stereocenters. The Bertz CT molecular complexity index is 1400. The highest BCUT2D eigenvalue weighted by atomic mass is 31.2. The van der Waals surface area contributed by atoms with Gasteiger partial charge in [-0.05, 0) is 89.9 Å². The van der Waals surface area contributed by atoms with Crippen LogP contribution in [-0.4, -0.2) is 74.9 Å². The van der Waals surface area contributed by atoms with Gasteiger partial charge in [0.05, 0.1) is 27.7 Å². The van der Waals surface area contributed by atoms with Crippen LogP contribution in [0.3, 0.4) is 0 Å². The smallest absolute Gasteiger partial charge is 0.462 e. The number of carbonyl (C=O) groups excluding carboxylic acids is 2. The molecular weight excluding hydrogens is 822 g/mol. The molecule has 0 saturated carbocycles. The van der Waals surface area contributed by atoms with Gasteiger partial charge in [0, 0.05) is 12.8 Å². The molecule has 0 aliphatic heterocycles. The number of likely N-dealkylation sites (N-methyl/N-ethyl adjacent to an activating group) is 1. The third-order valence-corrected chi connectivity index (χ3v) is 11.1. The molecule has 0 aliphatic rings. The second-order valence-corrected chi connectivity index (χ2v) is 18.9. The number of unbranched alkanes of at least 4 members (excludes halogenated alkanes) is 14. The van der Waals surface area contributed by atoms with Gasteiger partial charge in [0.1, 0.15) is 19.8 Å². The molecule has 0 heterocycles. The number of phosphoric acid groups is 1. The molecule has 1 N–H and O–H groups in total. The normalized spacial score (nSPS) is 14.3. The van der Waals surface area contributed by atoms with Crippen molar-refractivity contribution < 1.29 is 42.1 Å². The molecule has 0 aromatic carbocycles. The van der Waals surface area contributed by atoms with E-state index in [2.05, 4.69) is 111 Å². The Labute approximate surface area is 392 Å².